The van der Waals surface area contributed by atoms with Crippen LogP contribution in [0.4, 0.5) is 0 Å². The summed E-state index contributed by atoms with van der Waals surface area (Å²) in [5.41, 5.74) is 2.77. The Labute approximate surface area is 164 Å². The Bertz CT molecular complexity index is 1070. The van der Waals surface area contributed by atoms with Gasteiger partial charge < -0.3 is 14.5 Å². The third-order valence-corrected chi connectivity index (χ3v) is 4.97. The average molecular weight is 401 g/mol. The van der Waals surface area contributed by atoms with Gasteiger partial charge in [0.05, 0.1) is 18.1 Å². The number of imidazole rings is 1. The van der Waals surface area contributed by atoms with E-state index < -0.39 is 9.84 Å². The number of carbonyl (C=O) groups excluding carboxylic acids is 1. The van der Waals surface area contributed by atoms with Crippen LogP contribution in [0.3, 0.4) is 0 Å². The number of hydrogen-bond donors (Lipinski definition) is 1. The fourth-order valence-electron chi connectivity index (χ4n) is 2.89. The van der Waals surface area contributed by atoms with Crippen molar-refractivity contribution in [2.75, 3.05) is 19.4 Å². The second-order valence-corrected chi connectivity index (χ2v) is 8.68. The summed E-state index contributed by atoms with van der Waals surface area (Å²) in [6.45, 7) is 2.94. The predicted octanol–water partition coefficient (Wildman–Crippen LogP) is 2.25. The molecule has 1 amide bonds. The molecule has 7 nitrogen and oxygen atoms in total. The minimum Gasteiger partial charge on any atom is -0.490 e. The number of ether oxygens (including phenoxy) is 1. The molecule has 0 fully saturated rings. The molecule has 0 saturated carbocycles. The first-order chi connectivity index (χ1) is 13.4. The van der Waals surface area contributed by atoms with E-state index in [-0.39, 0.29) is 11.7 Å². The Morgan fingerprint density at radius 2 is 1.96 bits per heavy atom. The third-order valence-electron chi connectivity index (χ3n) is 4.11. The molecule has 2 aromatic heterocycles. The van der Waals surface area contributed by atoms with Crippen molar-refractivity contribution in [1.82, 2.24) is 14.7 Å². The summed E-state index contributed by atoms with van der Waals surface area (Å²) in [6, 6.07) is 10.4. The highest BCUT2D eigenvalue weighted by Crippen LogP contribution is 2.19. The normalized spacial score (nSPS) is 11.5. The van der Waals surface area contributed by atoms with Crippen LogP contribution in [0, 0.1) is 0 Å². The Morgan fingerprint density at radius 1 is 1.21 bits per heavy atom. The van der Waals surface area contributed by atoms with Crippen LogP contribution >= 0.6 is 0 Å². The van der Waals surface area contributed by atoms with Crippen LogP contribution < -0.4 is 10.1 Å². The highest BCUT2D eigenvalue weighted by molar-refractivity contribution is 7.89. The van der Waals surface area contributed by atoms with Crippen LogP contribution in [0.2, 0.25) is 0 Å². The molecule has 1 aromatic carbocycles. The zero-order valence-corrected chi connectivity index (χ0v) is 16.7. The quantitative estimate of drug-likeness (QED) is 0.625. The molecule has 2 heterocycles. The van der Waals surface area contributed by atoms with Crippen LogP contribution in [0.1, 0.15) is 28.5 Å². The van der Waals surface area contributed by atoms with Crippen molar-refractivity contribution in [3.05, 3.63) is 65.6 Å². The van der Waals surface area contributed by atoms with E-state index in [9.17, 15) is 13.2 Å². The molecule has 0 aliphatic carbocycles. The van der Waals surface area contributed by atoms with Crippen molar-refractivity contribution in [1.29, 1.82) is 0 Å². The van der Waals surface area contributed by atoms with E-state index in [0.29, 0.717) is 30.7 Å². The Hall–Kier alpha value is -2.87. The fraction of sp³-hybridized carbons (Fsp3) is 0.300. The molecule has 0 saturated heterocycles. The number of fused-ring (bicyclic) bond motifs is 1. The number of sulfone groups is 1. The Balaban J connectivity index is 1.58. The van der Waals surface area contributed by atoms with Gasteiger partial charge in [0, 0.05) is 37.2 Å². The second kappa shape index (κ2) is 8.43. The van der Waals surface area contributed by atoms with Gasteiger partial charge in [-0.15, -0.1) is 0 Å². The monoisotopic (exact) mass is 401 g/mol. The van der Waals surface area contributed by atoms with Crippen molar-refractivity contribution in [3.63, 3.8) is 0 Å². The van der Waals surface area contributed by atoms with Gasteiger partial charge in [-0.05, 0) is 36.8 Å². The summed E-state index contributed by atoms with van der Waals surface area (Å²) in [6.07, 6.45) is 5.60. The predicted molar refractivity (Wildman–Crippen MR) is 107 cm³/mol. The summed E-state index contributed by atoms with van der Waals surface area (Å²) in [7, 11) is -3.09. The Kier molecular flexibility index (Phi) is 5.99. The molecule has 0 aliphatic heterocycles. The highest BCUT2D eigenvalue weighted by atomic mass is 32.2. The van der Waals surface area contributed by atoms with E-state index >= 15 is 0 Å². The molecule has 0 atom stereocenters. The molecule has 0 aliphatic rings. The van der Waals surface area contributed by atoms with Crippen molar-refractivity contribution in [2.45, 2.75) is 19.1 Å². The van der Waals surface area contributed by atoms with Crippen molar-refractivity contribution in [2.24, 2.45) is 0 Å². The van der Waals surface area contributed by atoms with Gasteiger partial charge in [0.2, 0.25) is 0 Å². The SMILES string of the molecule is CCOc1cccn2cc(CCNC(=O)c3ccc(CS(C)(=O)=O)cc3)nc12. The van der Waals surface area contributed by atoms with Crippen LogP contribution in [-0.2, 0) is 22.0 Å². The van der Waals surface area contributed by atoms with E-state index in [2.05, 4.69) is 10.3 Å². The van der Waals surface area contributed by atoms with Gasteiger partial charge in [-0.25, -0.2) is 13.4 Å². The number of rotatable bonds is 8. The lowest BCUT2D eigenvalue weighted by Gasteiger charge is -2.05. The number of carbonyl (C=O) groups is 1. The summed E-state index contributed by atoms with van der Waals surface area (Å²) < 4.78 is 30.1. The molecule has 148 valence electrons. The van der Waals surface area contributed by atoms with Gasteiger partial charge in [-0.2, -0.15) is 0 Å². The van der Waals surface area contributed by atoms with Gasteiger partial charge in [-0.3, -0.25) is 4.79 Å². The van der Waals surface area contributed by atoms with E-state index in [4.69, 9.17) is 4.74 Å². The maximum atomic E-state index is 12.3. The maximum Gasteiger partial charge on any atom is 0.251 e. The molecule has 0 unspecified atom stereocenters. The number of nitrogens with one attached hydrogen (secondary N) is 1. The number of hydrogen-bond acceptors (Lipinski definition) is 5. The van der Waals surface area contributed by atoms with Crippen LogP contribution in [0.5, 0.6) is 5.75 Å². The third kappa shape index (κ3) is 5.10. The summed E-state index contributed by atoms with van der Waals surface area (Å²) in [4.78, 5) is 16.8. The fourth-order valence-corrected chi connectivity index (χ4v) is 3.69. The first kappa shape index (κ1) is 19.9. The number of benzene rings is 1. The van der Waals surface area contributed by atoms with Crippen LogP contribution in [0.25, 0.3) is 5.65 Å². The lowest BCUT2D eigenvalue weighted by atomic mass is 10.1. The van der Waals surface area contributed by atoms with E-state index in [1.54, 1.807) is 24.3 Å². The van der Waals surface area contributed by atoms with Gasteiger partial charge >= 0.3 is 0 Å². The minimum absolute atomic E-state index is 0.0352. The smallest absolute Gasteiger partial charge is 0.251 e. The maximum absolute atomic E-state index is 12.3. The van der Waals surface area contributed by atoms with Gasteiger partial charge in [0.25, 0.3) is 5.91 Å². The average Bonchev–Trinajstić information content (AvgIpc) is 3.05. The first-order valence-corrected chi connectivity index (χ1v) is 11.1. The molecule has 8 heteroatoms. The molecular weight excluding hydrogens is 378 g/mol. The van der Waals surface area contributed by atoms with Crippen molar-refractivity contribution >= 4 is 21.4 Å². The van der Waals surface area contributed by atoms with Gasteiger partial charge in [-0.1, -0.05) is 12.1 Å². The molecule has 0 spiro atoms. The van der Waals surface area contributed by atoms with Gasteiger partial charge in [0.15, 0.2) is 21.2 Å². The van der Waals surface area contributed by atoms with E-state index in [1.807, 2.05) is 35.9 Å². The summed E-state index contributed by atoms with van der Waals surface area (Å²) in [5.74, 6) is 0.492. The van der Waals surface area contributed by atoms with Crippen LogP contribution in [-0.4, -0.2) is 43.1 Å². The van der Waals surface area contributed by atoms with Crippen molar-refractivity contribution < 1.29 is 17.9 Å². The zero-order chi connectivity index (χ0) is 20.1. The minimum atomic E-state index is -3.09. The molecule has 1 N–H and O–H groups in total. The number of aromatic nitrogens is 2. The molecular formula is C20H23N3O4S. The Morgan fingerprint density at radius 3 is 2.64 bits per heavy atom. The molecule has 28 heavy (non-hydrogen) atoms. The standard InChI is InChI=1S/C20H23N3O4S/c1-3-27-18-5-4-12-23-13-17(22-19(18)23)10-11-21-20(24)16-8-6-15(7-9-16)14-28(2,25)26/h4-9,12-13H,3,10-11,14H2,1-2H3,(H,21,24). The molecule has 0 radical (unpaired) electrons. The lowest BCUT2D eigenvalue weighted by molar-refractivity contribution is 0.0954. The highest BCUT2D eigenvalue weighted by Gasteiger charge is 2.10. The summed E-state index contributed by atoms with van der Waals surface area (Å²) >= 11 is 0. The number of pyridine rings is 1. The molecule has 3 aromatic rings. The lowest BCUT2D eigenvalue weighted by Crippen LogP contribution is -2.25. The largest absolute Gasteiger partial charge is 0.490 e. The molecule has 0 bridgehead atoms. The first-order valence-electron chi connectivity index (χ1n) is 9.00. The van der Waals surface area contributed by atoms with E-state index in [1.165, 1.54) is 6.26 Å². The number of nitrogens with zero attached hydrogens (tertiary/aromatic N) is 2. The van der Waals surface area contributed by atoms with E-state index in [0.717, 1.165) is 17.1 Å². The van der Waals surface area contributed by atoms with Crippen molar-refractivity contribution in [3.8, 4) is 5.75 Å². The van der Waals surface area contributed by atoms with Crippen LogP contribution in [0.15, 0.2) is 48.8 Å². The topological polar surface area (TPSA) is 89.8 Å². The number of amides is 1. The molecule has 3 rings (SSSR count). The summed E-state index contributed by atoms with van der Waals surface area (Å²) in [5, 5.41) is 2.86. The van der Waals surface area contributed by atoms with Gasteiger partial charge in [0.1, 0.15) is 0 Å². The second-order valence-electron chi connectivity index (χ2n) is 6.54. The zero-order valence-electron chi connectivity index (χ0n) is 15.9.